The summed E-state index contributed by atoms with van der Waals surface area (Å²) < 4.78 is 13.2. The minimum atomic E-state index is -0.681. The number of benzene rings is 3. The molecule has 2 amide bonds. The molecule has 1 aliphatic heterocycles. The predicted molar refractivity (Wildman–Crippen MR) is 133 cm³/mol. The van der Waals surface area contributed by atoms with E-state index in [-0.39, 0.29) is 16.5 Å². The van der Waals surface area contributed by atoms with Crippen molar-refractivity contribution in [2.75, 3.05) is 10.2 Å². The average Bonchev–Trinajstić information content (AvgIpc) is 3.12. The number of carbonyl (C=O) groups excluding carboxylic acids is 2. The van der Waals surface area contributed by atoms with Gasteiger partial charge in [-0.3, -0.25) is 14.5 Å². The Kier molecular flexibility index (Phi) is 7.01. The van der Waals surface area contributed by atoms with Gasteiger partial charge in [-0.2, -0.15) is 5.26 Å². The van der Waals surface area contributed by atoms with Crippen molar-refractivity contribution in [1.29, 1.82) is 5.26 Å². The van der Waals surface area contributed by atoms with Gasteiger partial charge < -0.3 is 5.32 Å². The van der Waals surface area contributed by atoms with Crippen LogP contribution in [0.4, 0.5) is 15.8 Å². The van der Waals surface area contributed by atoms with Crippen LogP contribution in [0.15, 0.2) is 83.4 Å². The van der Waals surface area contributed by atoms with Crippen molar-refractivity contribution in [3.8, 4) is 6.07 Å². The Morgan fingerprint density at radius 2 is 1.85 bits per heavy atom. The fraction of sp³-hybridized carbons (Fsp3) is 0.115. The first-order chi connectivity index (χ1) is 16.4. The molecule has 0 aromatic heterocycles. The number of amides is 2. The van der Waals surface area contributed by atoms with Crippen LogP contribution in [0.3, 0.4) is 0 Å². The average molecular weight is 492 g/mol. The molecule has 1 heterocycles. The lowest BCUT2D eigenvalue weighted by molar-refractivity contribution is -0.117. The lowest BCUT2D eigenvalue weighted by Crippen LogP contribution is -2.30. The van der Waals surface area contributed by atoms with Gasteiger partial charge in [0.25, 0.3) is 5.91 Å². The standard InChI is InChI=1S/C26H19ClFN3O2S/c1-16-3-2-4-17(13-16)14-23-25(33)31(21-11-5-18(27)6-12-21)26(34-23)22(15-29)24(32)30-20-9-7-19(28)8-10-20/h2-13,23H,14H2,1H3,(H,30,32)/b26-22+. The van der Waals surface area contributed by atoms with Gasteiger partial charge in [-0.25, -0.2) is 4.39 Å². The molecule has 0 bridgehead atoms. The van der Waals surface area contributed by atoms with Gasteiger partial charge in [-0.05, 0) is 67.4 Å². The number of nitrogens with zero attached hydrogens (tertiary/aromatic N) is 2. The molecule has 1 saturated heterocycles. The van der Waals surface area contributed by atoms with Crippen LogP contribution < -0.4 is 10.2 Å². The molecule has 5 nitrogen and oxygen atoms in total. The number of halogens is 2. The van der Waals surface area contributed by atoms with Crippen molar-refractivity contribution < 1.29 is 14.0 Å². The highest BCUT2D eigenvalue weighted by Crippen LogP contribution is 2.42. The summed E-state index contributed by atoms with van der Waals surface area (Å²) in [4.78, 5) is 27.9. The number of aryl methyl sites for hydroxylation is 1. The Balaban J connectivity index is 1.72. The van der Waals surface area contributed by atoms with Crippen molar-refractivity contribution >= 4 is 46.6 Å². The van der Waals surface area contributed by atoms with E-state index in [4.69, 9.17) is 11.6 Å². The highest BCUT2D eigenvalue weighted by molar-refractivity contribution is 8.05. The molecule has 0 spiro atoms. The zero-order chi connectivity index (χ0) is 24.2. The maximum atomic E-state index is 13.5. The molecule has 1 fully saturated rings. The fourth-order valence-electron chi connectivity index (χ4n) is 3.59. The SMILES string of the molecule is Cc1cccc(CC2S/C(=C(\C#N)C(=O)Nc3ccc(F)cc3)N(c3ccc(Cl)cc3)C2=O)c1. The molecule has 34 heavy (non-hydrogen) atoms. The molecule has 0 radical (unpaired) electrons. The smallest absolute Gasteiger partial charge is 0.269 e. The summed E-state index contributed by atoms with van der Waals surface area (Å²) in [6, 6.07) is 21.7. The van der Waals surface area contributed by atoms with Crippen LogP contribution in [0.25, 0.3) is 0 Å². The van der Waals surface area contributed by atoms with Gasteiger partial charge in [0.05, 0.1) is 5.25 Å². The molecule has 1 atom stereocenters. The zero-order valence-corrected chi connectivity index (χ0v) is 19.7. The first kappa shape index (κ1) is 23.6. The summed E-state index contributed by atoms with van der Waals surface area (Å²) in [5.41, 5.74) is 2.70. The Morgan fingerprint density at radius 3 is 2.50 bits per heavy atom. The first-order valence-electron chi connectivity index (χ1n) is 10.4. The topological polar surface area (TPSA) is 73.2 Å². The number of nitrogens with one attached hydrogen (secondary N) is 1. The zero-order valence-electron chi connectivity index (χ0n) is 18.1. The van der Waals surface area contributed by atoms with E-state index < -0.39 is 17.0 Å². The van der Waals surface area contributed by atoms with Crippen LogP contribution in [-0.2, 0) is 16.0 Å². The van der Waals surface area contributed by atoms with Gasteiger partial charge >= 0.3 is 0 Å². The molecule has 8 heteroatoms. The number of carbonyl (C=O) groups is 2. The van der Waals surface area contributed by atoms with E-state index in [1.807, 2.05) is 37.3 Å². The normalized spacial score (nSPS) is 16.8. The van der Waals surface area contributed by atoms with E-state index in [1.165, 1.54) is 40.9 Å². The van der Waals surface area contributed by atoms with E-state index in [1.54, 1.807) is 24.3 Å². The molecular formula is C26H19ClFN3O2S. The molecule has 1 aliphatic rings. The summed E-state index contributed by atoms with van der Waals surface area (Å²) in [5, 5.41) is 12.7. The molecule has 170 valence electrons. The minimum absolute atomic E-state index is 0.204. The van der Waals surface area contributed by atoms with Gasteiger partial charge in [-0.15, -0.1) is 0 Å². The predicted octanol–water partition coefficient (Wildman–Crippen LogP) is 5.85. The second kappa shape index (κ2) is 10.1. The van der Waals surface area contributed by atoms with Gasteiger partial charge in [0.2, 0.25) is 5.91 Å². The fourth-order valence-corrected chi connectivity index (χ4v) is 5.03. The summed E-state index contributed by atoms with van der Waals surface area (Å²) in [7, 11) is 0. The third-order valence-corrected chi connectivity index (χ3v) is 6.71. The lowest BCUT2D eigenvalue weighted by Gasteiger charge is -2.19. The Labute approximate surface area is 205 Å². The van der Waals surface area contributed by atoms with Crippen molar-refractivity contribution in [2.45, 2.75) is 18.6 Å². The number of hydrogen-bond donors (Lipinski definition) is 1. The third kappa shape index (κ3) is 5.14. The number of anilines is 2. The van der Waals surface area contributed by atoms with Crippen LogP contribution in [-0.4, -0.2) is 17.1 Å². The van der Waals surface area contributed by atoms with Crippen LogP contribution in [0.2, 0.25) is 5.02 Å². The highest BCUT2D eigenvalue weighted by atomic mass is 35.5. The van der Waals surface area contributed by atoms with Gasteiger partial charge in [0.1, 0.15) is 22.5 Å². The maximum Gasteiger partial charge on any atom is 0.269 e. The van der Waals surface area contributed by atoms with Gasteiger partial charge in [-0.1, -0.05) is 53.2 Å². The van der Waals surface area contributed by atoms with Crippen LogP contribution in [0, 0.1) is 24.1 Å². The molecule has 0 saturated carbocycles. The summed E-state index contributed by atoms with van der Waals surface area (Å²) in [5.74, 6) is -1.35. The molecule has 0 aliphatic carbocycles. The Hall–Kier alpha value is -3.60. The van der Waals surface area contributed by atoms with Gasteiger partial charge in [0, 0.05) is 16.4 Å². The van der Waals surface area contributed by atoms with Gasteiger partial charge in [0.15, 0.2) is 0 Å². The van der Waals surface area contributed by atoms with Crippen LogP contribution in [0.1, 0.15) is 11.1 Å². The maximum absolute atomic E-state index is 13.5. The van der Waals surface area contributed by atoms with Crippen molar-refractivity contribution in [3.05, 3.63) is 105 Å². The summed E-state index contributed by atoms with van der Waals surface area (Å²) in [6.45, 7) is 1.98. The number of thioether (sulfide) groups is 1. The third-order valence-electron chi connectivity index (χ3n) is 5.20. The summed E-state index contributed by atoms with van der Waals surface area (Å²) >= 11 is 7.20. The molecule has 1 N–H and O–H groups in total. The van der Waals surface area contributed by atoms with Crippen LogP contribution >= 0.6 is 23.4 Å². The molecular weight excluding hydrogens is 473 g/mol. The number of nitriles is 1. The molecule has 4 rings (SSSR count). The van der Waals surface area contributed by atoms with E-state index in [0.717, 1.165) is 11.1 Å². The second-order valence-corrected chi connectivity index (χ2v) is 9.33. The van der Waals surface area contributed by atoms with Crippen molar-refractivity contribution in [1.82, 2.24) is 0 Å². The van der Waals surface area contributed by atoms with E-state index in [2.05, 4.69) is 5.32 Å². The van der Waals surface area contributed by atoms with E-state index in [9.17, 15) is 19.2 Å². The summed E-state index contributed by atoms with van der Waals surface area (Å²) in [6.07, 6.45) is 0.442. The van der Waals surface area contributed by atoms with Crippen LogP contribution in [0.5, 0.6) is 0 Å². The Morgan fingerprint density at radius 1 is 1.15 bits per heavy atom. The Bertz CT molecular complexity index is 1320. The second-order valence-electron chi connectivity index (χ2n) is 7.70. The quantitative estimate of drug-likeness (QED) is 0.359. The first-order valence-corrected chi connectivity index (χ1v) is 11.6. The largest absolute Gasteiger partial charge is 0.321 e. The lowest BCUT2D eigenvalue weighted by atomic mass is 10.1. The highest BCUT2D eigenvalue weighted by Gasteiger charge is 2.40. The number of hydrogen-bond acceptors (Lipinski definition) is 4. The number of rotatable bonds is 5. The minimum Gasteiger partial charge on any atom is -0.321 e. The molecule has 3 aromatic rings. The monoisotopic (exact) mass is 491 g/mol. The van der Waals surface area contributed by atoms with Crippen molar-refractivity contribution in [3.63, 3.8) is 0 Å². The van der Waals surface area contributed by atoms with E-state index in [0.29, 0.717) is 22.8 Å². The molecule has 1 unspecified atom stereocenters. The molecule has 3 aromatic carbocycles. The van der Waals surface area contributed by atoms with Crippen molar-refractivity contribution in [2.24, 2.45) is 0 Å². The van der Waals surface area contributed by atoms with E-state index >= 15 is 0 Å².